The van der Waals surface area contributed by atoms with E-state index in [0.29, 0.717) is 30.3 Å². The van der Waals surface area contributed by atoms with Crippen LogP contribution in [0.2, 0.25) is 0 Å². The van der Waals surface area contributed by atoms with E-state index in [4.69, 9.17) is 24.1 Å². The summed E-state index contributed by atoms with van der Waals surface area (Å²) >= 11 is 0. The first-order valence-electron chi connectivity index (χ1n) is 6.39. The van der Waals surface area contributed by atoms with Gasteiger partial charge in [0.15, 0.2) is 0 Å². The Morgan fingerprint density at radius 2 is 1.60 bits per heavy atom. The smallest absolute Gasteiger partial charge is 0.128 e. The molecule has 0 saturated carbocycles. The van der Waals surface area contributed by atoms with Crippen LogP contribution in [0.1, 0.15) is 11.7 Å². The summed E-state index contributed by atoms with van der Waals surface area (Å²) in [6.45, 7) is 1.09. The van der Waals surface area contributed by atoms with E-state index in [0.717, 1.165) is 0 Å². The third-order valence-corrected chi connectivity index (χ3v) is 2.68. The molecule has 0 fully saturated rings. The minimum Gasteiger partial charge on any atom is -0.496 e. The molecule has 0 amide bonds. The van der Waals surface area contributed by atoms with Gasteiger partial charge in [-0.15, -0.1) is 0 Å². The number of rotatable bonds is 10. The molecule has 1 unspecified atom stereocenters. The molecule has 20 heavy (non-hydrogen) atoms. The molecule has 1 aromatic rings. The van der Waals surface area contributed by atoms with Crippen LogP contribution in [0, 0.1) is 0 Å². The van der Waals surface area contributed by atoms with E-state index >= 15 is 0 Å². The maximum Gasteiger partial charge on any atom is 0.128 e. The predicted molar refractivity (Wildman–Crippen MR) is 73.2 cm³/mol. The van der Waals surface area contributed by atoms with Crippen LogP contribution in [0.3, 0.4) is 0 Å². The van der Waals surface area contributed by atoms with Crippen molar-refractivity contribution in [2.24, 2.45) is 0 Å². The third kappa shape index (κ3) is 4.97. The van der Waals surface area contributed by atoms with Gasteiger partial charge in [0.1, 0.15) is 17.6 Å². The molecule has 0 aliphatic heterocycles. The lowest BCUT2D eigenvalue weighted by atomic mass is 10.1. The lowest BCUT2D eigenvalue weighted by Gasteiger charge is -2.18. The first-order valence-corrected chi connectivity index (χ1v) is 6.39. The van der Waals surface area contributed by atoms with Crippen molar-refractivity contribution >= 4 is 0 Å². The van der Waals surface area contributed by atoms with E-state index in [2.05, 4.69) is 0 Å². The molecule has 0 aromatic heterocycles. The largest absolute Gasteiger partial charge is 0.496 e. The second-order valence-electron chi connectivity index (χ2n) is 4.00. The highest BCUT2D eigenvalue weighted by Gasteiger charge is 2.18. The van der Waals surface area contributed by atoms with Crippen molar-refractivity contribution in [3.63, 3.8) is 0 Å². The zero-order valence-electron chi connectivity index (χ0n) is 11.9. The molecular weight excluding hydrogens is 264 g/mol. The van der Waals surface area contributed by atoms with Gasteiger partial charge in [-0.3, -0.25) is 0 Å². The zero-order valence-corrected chi connectivity index (χ0v) is 11.9. The van der Waals surface area contributed by atoms with Crippen molar-refractivity contribution in [1.82, 2.24) is 0 Å². The molecule has 2 N–H and O–H groups in total. The van der Waals surface area contributed by atoms with Crippen LogP contribution in [0.25, 0.3) is 0 Å². The Balaban J connectivity index is 2.52. The van der Waals surface area contributed by atoms with Gasteiger partial charge in [-0.1, -0.05) is 6.07 Å². The minimum absolute atomic E-state index is 0.0129. The van der Waals surface area contributed by atoms with Gasteiger partial charge in [0.25, 0.3) is 0 Å². The molecule has 0 saturated heterocycles. The lowest BCUT2D eigenvalue weighted by Crippen LogP contribution is -2.13. The highest BCUT2D eigenvalue weighted by molar-refractivity contribution is 5.46. The highest BCUT2D eigenvalue weighted by atomic mass is 16.5. The number of aliphatic hydroxyl groups is 2. The van der Waals surface area contributed by atoms with Crippen molar-refractivity contribution < 1.29 is 29.2 Å². The molecular formula is C14H22O6. The van der Waals surface area contributed by atoms with E-state index < -0.39 is 6.10 Å². The van der Waals surface area contributed by atoms with E-state index in [9.17, 15) is 5.11 Å². The van der Waals surface area contributed by atoms with Crippen molar-refractivity contribution in [3.05, 3.63) is 23.8 Å². The van der Waals surface area contributed by atoms with Crippen LogP contribution < -0.4 is 9.47 Å². The summed E-state index contributed by atoms with van der Waals surface area (Å²) in [5, 5.41) is 18.7. The van der Waals surface area contributed by atoms with Crippen LogP contribution in [-0.4, -0.2) is 57.5 Å². The Morgan fingerprint density at radius 1 is 1.00 bits per heavy atom. The minimum atomic E-state index is -0.848. The molecule has 1 atom stereocenters. The van der Waals surface area contributed by atoms with Crippen LogP contribution in [0.5, 0.6) is 11.5 Å². The Labute approximate surface area is 118 Å². The molecule has 0 aliphatic rings. The van der Waals surface area contributed by atoms with Gasteiger partial charge in [0.2, 0.25) is 0 Å². The monoisotopic (exact) mass is 286 g/mol. The average Bonchev–Trinajstić information content (AvgIpc) is 2.49. The van der Waals surface area contributed by atoms with Gasteiger partial charge in [-0.05, 0) is 12.1 Å². The lowest BCUT2D eigenvalue weighted by molar-refractivity contribution is -0.00375. The van der Waals surface area contributed by atoms with Crippen LogP contribution in [-0.2, 0) is 9.47 Å². The summed E-state index contributed by atoms with van der Waals surface area (Å²) in [6.07, 6.45) is -0.848. The number of aliphatic hydroxyl groups excluding tert-OH is 2. The summed E-state index contributed by atoms with van der Waals surface area (Å²) in [5.74, 6) is 1.11. The van der Waals surface area contributed by atoms with E-state index in [1.165, 1.54) is 14.2 Å². The molecule has 0 spiro atoms. The van der Waals surface area contributed by atoms with Gasteiger partial charge in [-0.25, -0.2) is 0 Å². The summed E-state index contributed by atoms with van der Waals surface area (Å²) < 4.78 is 20.8. The summed E-state index contributed by atoms with van der Waals surface area (Å²) in [6, 6.07) is 5.30. The van der Waals surface area contributed by atoms with Crippen LogP contribution in [0.4, 0.5) is 0 Å². The van der Waals surface area contributed by atoms with Gasteiger partial charge >= 0.3 is 0 Å². The Kier molecular flexibility index (Phi) is 7.98. The van der Waals surface area contributed by atoms with Crippen LogP contribution in [0.15, 0.2) is 18.2 Å². The summed E-state index contributed by atoms with van der Waals surface area (Å²) in [4.78, 5) is 0. The SMILES string of the molecule is COc1cccc(OC)c1C(O)COCCOCCO. The van der Waals surface area contributed by atoms with E-state index in [-0.39, 0.29) is 19.8 Å². The number of benzene rings is 1. The topological polar surface area (TPSA) is 77.4 Å². The Bertz CT molecular complexity index is 360. The Hall–Kier alpha value is -1.34. The third-order valence-electron chi connectivity index (χ3n) is 2.68. The molecule has 114 valence electrons. The number of ether oxygens (including phenoxy) is 4. The van der Waals surface area contributed by atoms with Crippen molar-refractivity contribution in [2.75, 3.05) is 47.3 Å². The molecule has 0 aliphatic carbocycles. The molecule has 0 radical (unpaired) electrons. The number of hydrogen-bond acceptors (Lipinski definition) is 6. The zero-order chi connectivity index (χ0) is 14.8. The standard InChI is InChI=1S/C14H22O6/c1-17-12-4-3-5-13(18-2)14(12)11(16)10-20-9-8-19-7-6-15/h3-5,11,15-16H,6-10H2,1-2H3. The summed E-state index contributed by atoms with van der Waals surface area (Å²) in [5.41, 5.74) is 0.564. The summed E-state index contributed by atoms with van der Waals surface area (Å²) in [7, 11) is 3.07. The second-order valence-corrected chi connectivity index (χ2v) is 4.00. The normalized spacial score (nSPS) is 12.2. The maximum atomic E-state index is 10.2. The van der Waals surface area contributed by atoms with E-state index in [1.807, 2.05) is 0 Å². The van der Waals surface area contributed by atoms with Gasteiger partial charge < -0.3 is 29.2 Å². The van der Waals surface area contributed by atoms with Crippen LogP contribution >= 0.6 is 0 Å². The predicted octanol–water partition coefficient (Wildman–Crippen LogP) is 0.763. The fourth-order valence-electron chi connectivity index (χ4n) is 1.77. The van der Waals surface area contributed by atoms with Gasteiger partial charge in [0.05, 0.1) is 52.8 Å². The Morgan fingerprint density at radius 3 is 2.15 bits per heavy atom. The van der Waals surface area contributed by atoms with Crippen molar-refractivity contribution in [1.29, 1.82) is 0 Å². The molecule has 1 rings (SSSR count). The molecule has 6 nitrogen and oxygen atoms in total. The first kappa shape index (κ1) is 16.7. The van der Waals surface area contributed by atoms with Gasteiger partial charge in [-0.2, -0.15) is 0 Å². The highest BCUT2D eigenvalue weighted by Crippen LogP contribution is 2.33. The van der Waals surface area contributed by atoms with Crippen molar-refractivity contribution in [2.45, 2.75) is 6.10 Å². The molecule has 1 aromatic carbocycles. The molecule has 6 heteroatoms. The first-order chi connectivity index (χ1) is 9.74. The fourth-order valence-corrected chi connectivity index (χ4v) is 1.77. The van der Waals surface area contributed by atoms with Gasteiger partial charge in [0, 0.05) is 0 Å². The number of methoxy groups -OCH3 is 2. The molecule has 0 bridgehead atoms. The quantitative estimate of drug-likeness (QED) is 0.618. The van der Waals surface area contributed by atoms with Crippen molar-refractivity contribution in [3.8, 4) is 11.5 Å². The average molecular weight is 286 g/mol. The molecule has 0 heterocycles. The fraction of sp³-hybridized carbons (Fsp3) is 0.571. The maximum absolute atomic E-state index is 10.2. The van der Waals surface area contributed by atoms with E-state index in [1.54, 1.807) is 18.2 Å². The second kappa shape index (κ2) is 9.55. The number of hydrogen-bond donors (Lipinski definition) is 2.